The zero-order chi connectivity index (χ0) is 22.0. The first-order valence-electron chi connectivity index (χ1n) is 11.1. The molecule has 5 aromatic rings. The summed E-state index contributed by atoms with van der Waals surface area (Å²) < 4.78 is 0. The summed E-state index contributed by atoms with van der Waals surface area (Å²) in [5.74, 6) is 0.584. The minimum atomic E-state index is 0.584. The third-order valence-electron chi connectivity index (χ3n) is 5.92. The van der Waals surface area contributed by atoms with E-state index in [4.69, 9.17) is 4.98 Å². The second kappa shape index (κ2) is 8.88. The van der Waals surface area contributed by atoms with E-state index >= 15 is 0 Å². The van der Waals surface area contributed by atoms with Crippen molar-refractivity contribution < 1.29 is 0 Å². The number of hydrogen-bond acceptors (Lipinski definition) is 8. The normalized spacial score (nSPS) is 14.0. The molecular weight excluding hydrogens is 448 g/mol. The molecule has 0 spiro atoms. The first kappa shape index (κ1) is 20.3. The molecule has 4 heterocycles. The molecule has 3 aromatic heterocycles. The van der Waals surface area contributed by atoms with E-state index in [9.17, 15) is 0 Å². The molecule has 0 amide bonds. The molecule has 0 atom stereocenters. The molecule has 8 heteroatoms. The molecule has 164 valence electrons. The van der Waals surface area contributed by atoms with E-state index in [1.54, 1.807) is 22.7 Å². The fourth-order valence-electron chi connectivity index (χ4n) is 4.31. The van der Waals surface area contributed by atoms with Crippen molar-refractivity contribution in [2.45, 2.75) is 19.3 Å². The van der Waals surface area contributed by atoms with Gasteiger partial charge in [-0.25, -0.2) is 19.9 Å². The van der Waals surface area contributed by atoms with E-state index in [2.05, 4.69) is 55.5 Å². The smallest absolute Gasteiger partial charge is 0.227 e. The van der Waals surface area contributed by atoms with Gasteiger partial charge in [-0.3, -0.25) is 0 Å². The topological polar surface area (TPSA) is 66.8 Å². The van der Waals surface area contributed by atoms with Crippen LogP contribution in [0.3, 0.4) is 0 Å². The van der Waals surface area contributed by atoms with Crippen LogP contribution < -0.4 is 10.2 Å². The zero-order valence-electron chi connectivity index (χ0n) is 17.9. The Hall–Kier alpha value is -3.36. The van der Waals surface area contributed by atoms with Gasteiger partial charge in [-0.15, -0.1) is 22.7 Å². The summed E-state index contributed by atoms with van der Waals surface area (Å²) in [6.07, 6.45) is 9.44. The molecule has 6 rings (SSSR count). The molecule has 0 bridgehead atoms. The highest BCUT2D eigenvalue weighted by molar-refractivity contribution is 7.14. The van der Waals surface area contributed by atoms with Crippen LogP contribution in [0.1, 0.15) is 19.3 Å². The van der Waals surface area contributed by atoms with Crippen LogP contribution in [-0.2, 0) is 0 Å². The van der Waals surface area contributed by atoms with Crippen LogP contribution >= 0.6 is 22.7 Å². The van der Waals surface area contributed by atoms with Crippen molar-refractivity contribution in [1.29, 1.82) is 0 Å². The quantitative estimate of drug-likeness (QED) is 0.312. The van der Waals surface area contributed by atoms with Crippen LogP contribution in [0.25, 0.3) is 32.0 Å². The Kier molecular flexibility index (Phi) is 5.45. The van der Waals surface area contributed by atoms with E-state index in [1.165, 1.54) is 24.9 Å². The monoisotopic (exact) mass is 470 g/mol. The Labute approximate surface area is 200 Å². The molecule has 1 N–H and O–H groups in total. The van der Waals surface area contributed by atoms with Gasteiger partial charge < -0.3 is 10.2 Å². The SMILES string of the molecule is c1csc(-c2ccc3nc(Nc4ccc(N5CCCCC5)cc4)ncc3c2-c2nccs2)n1. The molecule has 1 aliphatic rings. The minimum absolute atomic E-state index is 0.584. The van der Waals surface area contributed by atoms with Crippen LogP contribution in [-0.4, -0.2) is 33.0 Å². The first-order valence-corrected chi connectivity index (χ1v) is 12.8. The molecule has 0 aliphatic carbocycles. The Balaban J connectivity index is 1.32. The van der Waals surface area contributed by atoms with Crippen LogP contribution in [0.2, 0.25) is 0 Å². The number of thiazole rings is 2. The number of fused-ring (bicyclic) bond motifs is 1. The fraction of sp³-hybridized carbons (Fsp3) is 0.200. The second-order valence-electron chi connectivity index (χ2n) is 8.01. The highest BCUT2D eigenvalue weighted by Gasteiger charge is 2.17. The molecule has 6 nitrogen and oxygen atoms in total. The van der Waals surface area contributed by atoms with Crippen LogP contribution in [0.5, 0.6) is 0 Å². The van der Waals surface area contributed by atoms with Gasteiger partial charge in [-0.05, 0) is 55.7 Å². The van der Waals surface area contributed by atoms with Gasteiger partial charge in [0.15, 0.2) is 0 Å². The lowest BCUT2D eigenvalue weighted by molar-refractivity contribution is 0.578. The molecule has 0 radical (unpaired) electrons. The largest absolute Gasteiger partial charge is 0.372 e. The number of aromatic nitrogens is 4. The van der Waals surface area contributed by atoms with Crippen LogP contribution in [0.4, 0.5) is 17.3 Å². The summed E-state index contributed by atoms with van der Waals surface area (Å²) >= 11 is 3.23. The number of hydrogen-bond donors (Lipinski definition) is 1. The van der Waals surface area contributed by atoms with Crippen molar-refractivity contribution >= 4 is 50.9 Å². The van der Waals surface area contributed by atoms with Gasteiger partial charge in [-0.1, -0.05) is 0 Å². The van der Waals surface area contributed by atoms with E-state index in [-0.39, 0.29) is 0 Å². The summed E-state index contributed by atoms with van der Waals surface area (Å²) in [5.41, 5.74) is 5.24. The Bertz CT molecular complexity index is 1360. The third kappa shape index (κ3) is 4.07. The predicted octanol–water partition coefficient (Wildman–Crippen LogP) is 6.61. The average Bonchev–Trinajstić information content (AvgIpc) is 3.59. The first-order chi connectivity index (χ1) is 16.3. The molecule has 1 aliphatic heterocycles. The van der Waals surface area contributed by atoms with Crippen molar-refractivity contribution in [3.8, 4) is 21.1 Å². The van der Waals surface area contributed by atoms with Gasteiger partial charge in [0.1, 0.15) is 10.0 Å². The van der Waals surface area contributed by atoms with E-state index in [1.807, 2.05) is 35.4 Å². The molecule has 0 unspecified atom stereocenters. The number of benzene rings is 2. The molecule has 1 fully saturated rings. The third-order valence-corrected chi connectivity index (χ3v) is 7.52. The van der Waals surface area contributed by atoms with Gasteiger partial charge in [0.05, 0.1) is 5.52 Å². The molecule has 1 saturated heterocycles. The van der Waals surface area contributed by atoms with Crippen molar-refractivity contribution in [2.75, 3.05) is 23.3 Å². The van der Waals surface area contributed by atoms with Crippen LogP contribution in [0, 0.1) is 0 Å². The maximum absolute atomic E-state index is 4.80. The number of nitrogens with one attached hydrogen (secondary N) is 1. The minimum Gasteiger partial charge on any atom is -0.372 e. The average molecular weight is 471 g/mol. The second-order valence-corrected chi connectivity index (χ2v) is 9.80. The lowest BCUT2D eigenvalue weighted by atomic mass is 10.0. The van der Waals surface area contributed by atoms with Crippen molar-refractivity contribution in [2.24, 2.45) is 0 Å². The highest BCUT2D eigenvalue weighted by Crippen LogP contribution is 2.39. The van der Waals surface area contributed by atoms with Crippen molar-refractivity contribution in [3.05, 3.63) is 65.7 Å². The summed E-state index contributed by atoms with van der Waals surface area (Å²) in [6, 6.07) is 12.7. The Morgan fingerprint density at radius 2 is 1.55 bits per heavy atom. The molecule has 0 saturated carbocycles. The maximum atomic E-state index is 4.80. The summed E-state index contributed by atoms with van der Waals surface area (Å²) in [5, 5.41) is 10.2. The Morgan fingerprint density at radius 3 is 2.27 bits per heavy atom. The van der Waals surface area contributed by atoms with Crippen LogP contribution in [0.15, 0.2) is 65.7 Å². The van der Waals surface area contributed by atoms with Gasteiger partial charge in [0.25, 0.3) is 0 Å². The summed E-state index contributed by atoms with van der Waals surface area (Å²) in [7, 11) is 0. The fourth-order valence-corrected chi connectivity index (χ4v) is 5.69. The number of rotatable bonds is 5. The molecular formula is C25H22N6S2. The van der Waals surface area contributed by atoms with Gasteiger partial charge in [-0.2, -0.15) is 0 Å². The summed E-state index contributed by atoms with van der Waals surface area (Å²) in [4.78, 5) is 21.0. The number of nitrogens with zero attached hydrogens (tertiary/aromatic N) is 5. The predicted molar refractivity (Wildman–Crippen MR) is 138 cm³/mol. The van der Waals surface area contributed by atoms with Crippen molar-refractivity contribution in [1.82, 2.24) is 19.9 Å². The lowest BCUT2D eigenvalue weighted by Gasteiger charge is -2.28. The number of piperidine rings is 1. The maximum Gasteiger partial charge on any atom is 0.227 e. The molecule has 2 aromatic carbocycles. The van der Waals surface area contributed by atoms with Gasteiger partial charge >= 0.3 is 0 Å². The van der Waals surface area contributed by atoms with Gasteiger partial charge in [0.2, 0.25) is 5.95 Å². The highest BCUT2D eigenvalue weighted by atomic mass is 32.1. The summed E-state index contributed by atoms with van der Waals surface area (Å²) in [6.45, 7) is 2.29. The standard InChI is InChI=1S/C25H22N6S2/c1-2-12-31(13-3-1)18-6-4-17(5-7-18)29-25-28-16-20-21(30-25)9-8-19(23-26-10-14-32-23)22(20)24-27-11-15-33-24/h4-11,14-16H,1-3,12-13H2,(H,28,29,30). The molecule has 33 heavy (non-hydrogen) atoms. The van der Waals surface area contributed by atoms with E-state index in [0.717, 1.165) is 50.8 Å². The van der Waals surface area contributed by atoms with E-state index in [0.29, 0.717) is 5.95 Å². The van der Waals surface area contributed by atoms with E-state index < -0.39 is 0 Å². The number of anilines is 3. The van der Waals surface area contributed by atoms with Crippen molar-refractivity contribution in [3.63, 3.8) is 0 Å². The lowest BCUT2D eigenvalue weighted by Crippen LogP contribution is -2.29. The Morgan fingerprint density at radius 1 is 0.788 bits per heavy atom. The van der Waals surface area contributed by atoms with Gasteiger partial charge in [0, 0.05) is 70.3 Å². The zero-order valence-corrected chi connectivity index (χ0v) is 19.6.